The summed E-state index contributed by atoms with van der Waals surface area (Å²) in [6.45, 7) is 0.802. The minimum Gasteiger partial charge on any atom is -0.485 e. The van der Waals surface area contributed by atoms with E-state index < -0.39 is 0 Å². The second-order valence-electron chi connectivity index (χ2n) is 5.05. The molecular formula is C17H14N4O2S. The molecule has 0 atom stereocenters. The summed E-state index contributed by atoms with van der Waals surface area (Å²) in [6.07, 6.45) is 0. The molecule has 0 radical (unpaired) electrons. The van der Waals surface area contributed by atoms with Gasteiger partial charge in [0.25, 0.3) is 0 Å². The van der Waals surface area contributed by atoms with Crippen molar-refractivity contribution >= 4 is 27.6 Å². The van der Waals surface area contributed by atoms with Crippen molar-refractivity contribution < 1.29 is 9.26 Å². The van der Waals surface area contributed by atoms with Gasteiger partial charge < -0.3 is 14.6 Å². The summed E-state index contributed by atoms with van der Waals surface area (Å²) in [4.78, 5) is 8.81. The fourth-order valence-corrected chi connectivity index (χ4v) is 3.10. The Morgan fingerprint density at radius 3 is 2.71 bits per heavy atom. The highest BCUT2D eigenvalue weighted by Crippen LogP contribution is 2.22. The van der Waals surface area contributed by atoms with E-state index in [4.69, 9.17) is 9.26 Å². The van der Waals surface area contributed by atoms with Crippen LogP contribution in [0, 0.1) is 0 Å². The number of nitrogens with one attached hydrogen (secondary N) is 1. The molecule has 0 fully saturated rings. The van der Waals surface area contributed by atoms with Crippen molar-refractivity contribution in [2.75, 3.05) is 5.32 Å². The van der Waals surface area contributed by atoms with E-state index in [-0.39, 0.29) is 6.61 Å². The maximum atomic E-state index is 5.58. The normalized spacial score (nSPS) is 10.8. The predicted molar refractivity (Wildman–Crippen MR) is 92.0 cm³/mol. The van der Waals surface area contributed by atoms with Crippen molar-refractivity contribution in [1.82, 2.24) is 15.1 Å². The highest BCUT2D eigenvalue weighted by atomic mass is 32.1. The number of thiazole rings is 1. The standard InChI is InChI=1S/C17H14N4O2S/c1-2-6-12(7-3-1)22-11-15-20-17(23-21-15)18-10-16-19-13-8-4-5-9-14(13)24-16/h1-9H,10-11H2,(H,18,20,21). The lowest BCUT2D eigenvalue weighted by Gasteiger charge is -2.01. The van der Waals surface area contributed by atoms with Crippen LogP contribution in [0.15, 0.2) is 59.1 Å². The third kappa shape index (κ3) is 3.36. The van der Waals surface area contributed by atoms with Crippen LogP contribution in [0.1, 0.15) is 10.8 Å². The molecule has 0 aliphatic carbocycles. The number of ether oxygens (including phenoxy) is 1. The number of hydrogen-bond acceptors (Lipinski definition) is 7. The first-order valence-electron chi connectivity index (χ1n) is 7.45. The molecule has 0 unspecified atom stereocenters. The van der Waals surface area contributed by atoms with Gasteiger partial charge in [0.05, 0.1) is 16.8 Å². The Kier molecular flexibility index (Phi) is 4.07. The number of fused-ring (bicyclic) bond motifs is 1. The van der Waals surface area contributed by atoms with Gasteiger partial charge >= 0.3 is 6.01 Å². The van der Waals surface area contributed by atoms with Crippen LogP contribution in [0.2, 0.25) is 0 Å². The van der Waals surface area contributed by atoms with Crippen molar-refractivity contribution in [3.8, 4) is 5.75 Å². The van der Waals surface area contributed by atoms with Gasteiger partial charge in [-0.05, 0) is 24.3 Å². The molecule has 0 saturated carbocycles. The van der Waals surface area contributed by atoms with Gasteiger partial charge in [0.2, 0.25) is 5.82 Å². The Hall–Kier alpha value is -2.93. The smallest absolute Gasteiger partial charge is 0.321 e. The first-order chi connectivity index (χ1) is 11.9. The van der Waals surface area contributed by atoms with Gasteiger partial charge in [-0.25, -0.2) is 4.98 Å². The van der Waals surface area contributed by atoms with E-state index in [0.29, 0.717) is 18.4 Å². The number of anilines is 1. The molecule has 2 aromatic heterocycles. The van der Waals surface area contributed by atoms with Crippen LogP contribution in [0.25, 0.3) is 10.2 Å². The first-order valence-corrected chi connectivity index (χ1v) is 8.27. The minimum atomic E-state index is 0.260. The maximum Gasteiger partial charge on any atom is 0.321 e. The lowest BCUT2D eigenvalue weighted by atomic mass is 10.3. The Balaban J connectivity index is 1.35. The predicted octanol–water partition coefficient (Wildman–Crippen LogP) is 3.87. The van der Waals surface area contributed by atoms with Crippen LogP contribution >= 0.6 is 11.3 Å². The van der Waals surface area contributed by atoms with Crippen LogP contribution in [0.4, 0.5) is 6.01 Å². The van der Waals surface area contributed by atoms with Crippen molar-refractivity contribution in [3.63, 3.8) is 0 Å². The fourth-order valence-electron chi connectivity index (χ4n) is 2.20. The molecule has 0 spiro atoms. The number of rotatable bonds is 6. The zero-order chi connectivity index (χ0) is 16.2. The molecule has 0 saturated heterocycles. The molecule has 0 amide bonds. The van der Waals surface area contributed by atoms with Gasteiger partial charge in [-0.2, -0.15) is 4.98 Å². The molecule has 6 nitrogen and oxygen atoms in total. The van der Waals surface area contributed by atoms with Crippen LogP contribution < -0.4 is 10.1 Å². The highest BCUT2D eigenvalue weighted by Gasteiger charge is 2.08. The second kappa shape index (κ2) is 6.67. The maximum absolute atomic E-state index is 5.58. The van der Waals surface area contributed by atoms with E-state index >= 15 is 0 Å². The second-order valence-corrected chi connectivity index (χ2v) is 6.16. The largest absolute Gasteiger partial charge is 0.485 e. The monoisotopic (exact) mass is 338 g/mol. The Morgan fingerprint density at radius 2 is 1.83 bits per heavy atom. The van der Waals surface area contributed by atoms with Crippen molar-refractivity contribution in [2.24, 2.45) is 0 Å². The molecule has 120 valence electrons. The van der Waals surface area contributed by atoms with Crippen LogP contribution in [0.3, 0.4) is 0 Å². The molecule has 0 aliphatic heterocycles. The van der Waals surface area contributed by atoms with Gasteiger partial charge in [0, 0.05) is 0 Å². The summed E-state index contributed by atoms with van der Waals surface area (Å²) in [5.74, 6) is 1.26. The van der Waals surface area contributed by atoms with E-state index in [1.807, 2.05) is 48.5 Å². The molecular weight excluding hydrogens is 324 g/mol. The summed E-state index contributed by atoms with van der Waals surface area (Å²) >= 11 is 1.64. The highest BCUT2D eigenvalue weighted by molar-refractivity contribution is 7.18. The quantitative estimate of drug-likeness (QED) is 0.575. The first kappa shape index (κ1) is 14.6. The van der Waals surface area contributed by atoms with Crippen LogP contribution in [-0.2, 0) is 13.2 Å². The van der Waals surface area contributed by atoms with E-state index in [0.717, 1.165) is 21.0 Å². The van der Waals surface area contributed by atoms with E-state index in [1.165, 1.54) is 0 Å². The van der Waals surface area contributed by atoms with E-state index in [9.17, 15) is 0 Å². The molecule has 24 heavy (non-hydrogen) atoms. The Morgan fingerprint density at radius 1 is 1.00 bits per heavy atom. The number of para-hydroxylation sites is 2. The molecule has 2 aromatic carbocycles. The van der Waals surface area contributed by atoms with Gasteiger partial charge in [-0.1, -0.05) is 35.5 Å². The third-order valence-electron chi connectivity index (χ3n) is 3.31. The summed E-state index contributed by atoms with van der Waals surface area (Å²) in [5.41, 5.74) is 1.00. The van der Waals surface area contributed by atoms with Crippen molar-refractivity contribution in [2.45, 2.75) is 13.2 Å². The zero-order valence-corrected chi connectivity index (χ0v) is 13.5. The number of aromatic nitrogens is 3. The van der Waals surface area contributed by atoms with Crippen molar-refractivity contribution in [3.05, 3.63) is 65.4 Å². The lowest BCUT2D eigenvalue weighted by Crippen LogP contribution is -2.00. The third-order valence-corrected chi connectivity index (χ3v) is 4.34. The van der Waals surface area contributed by atoms with Gasteiger partial charge in [0.1, 0.15) is 10.8 Å². The molecule has 2 heterocycles. The lowest BCUT2D eigenvalue weighted by molar-refractivity contribution is 0.287. The van der Waals surface area contributed by atoms with E-state index in [2.05, 4.69) is 26.5 Å². The average Bonchev–Trinajstić information content (AvgIpc) is 3.25. The van der Waals surface area contributed by atoms with Crippen molar-refractivity contribution in [1.29, 1.82) is 0 Å². The molecule has 4 aromatic rings. The van der Waals surface area contributed by atoms with Gasteiger partial charge in [-0.3, -0.25) is 0 Å². The Bertz CT molecular complexity index is 903. The molecule has 4 rings (SSSR count). The SMILES string of the molecule is c1ccc(OCc2noc(NCc3nc4ccccc4s3)n2)cc1. The topological polar surface area (TPSA) is 73.1 Å². The summed E-state index contributed by atoms with van der Waals surface area (Å²) in [6, 6.07) is 17.9. The summed E-state index contributed by atoms with van der Waals surface area (Å²) in [5, 5.41) is 7.96. The molecule has 0 bridgehead atoms. The summed E-state index contributed by atoms with van der Waals surface area (Å²) in [7, 11) is 0. The number of benzene rings is 2. The summed E-state index contributed by atoms with van der Waals surface area (Å²) < 4.78 is 11.9. The minimum absolute atomic E-state index is 0.260. The van der Waals surface area contributed by atoms with Gasteiger partial charge in [0.15, 0.2) is 6.61 Å². The number of nitrogens with zero attached hydrogens (tertiary/aromatic N) is 3. The molecule has 0 aliphatic rings. The number of hydrogen-bond donors (Lipinski definition) is 1. The fraction of sp³-hybridized carbons (Fsp3) is 0.118. The van der Waals surface area contributed by atoms with E-state index in [1.54, 1.807) is 11.3 Å². The molecule has 7 heteroatoms. The average molecular weight is 338 g/mol. The van der Waals surface area contributed by atoms with Crippen LogP contribution in [-0.4, -0.2) is 15.1 Å². The Labute approximate surface area is 142 Å². The van der Waals surface area contributed by atoms with Crippen LogP contribution in [0.5, 0.6) is 5.75 Å². The molecule has 1 N–H and O–H groups in total. The van der Waals surface area contributed by atoms with Gasteiger partial charge in [-0.15, -0.1) is 11.3 Å². The zero-order valence-electron chi connectivity index (χ0n) is 12.7.